The van der Waals surface area contributed by atoms with Gasteiger partial charge in [-0.2, -0.15) is 0 Å². The first-order chi connectivity index (χ1) is 24.3. The summed E-state index contributed by atoms with van der Waals surface area (Å²) in [6.45, 7) is 0. The van der Waals surface area contributed by atoms with E-state index in [1.54, 1.807) is 0 Å². The van der Waals surface area contributed by atoms with Crippen molar-refractivity contribution in [2.24, 2.45) is 0 Å². The van der Waals surface area contributed by atoms with Gasteiger partial charge in [-0.25, -0.2) is 0 Å². The molecular formula is C46H30N2S. The molecular weight excluding hydrogens is 613 g/mol. The zero-order chi connectivity index (χ0) is 32.3. The van der Waals surface area contributed by atoms with Crippen LogP contribution in [-0.4, -0.2) is 4.57 Å². The van der Waals surface area contributed by atoms with Crippen molar-refractivity contribution in [3.63, 3.8) is 0 Å². The fraction of sp³-hybridized carbons (Fsp3) is 0. The van der Waals surface area contributed by atoms with E-state index < -0.39 is 0 Å². The van der Waals surface area contributed by atoms with Gasteiger partial charge < -0.3 is 9.47 Å². The van der Waals surface area contributed by atoms with Gasteiger partial charge in [0.15, 0.2) is 0 Å². The number of hydrogen-bond acceptors (Lipinski definition) is 2. The molecule has 0 radical (unpaired) electrons. The van der Waals surface area contributed by atoms with Crippen LogP contribution in [0.4, 0.5) is 17.1 Å². The number of rotatable bonds is 5. The number of hydrogen-bond donors (Lipinski definition) is 0. The van der Waals surface area contributed by atoms with Crippen LogP contribution in [0.15, 0.2) is 182 Å². The summed E-state index contributed by atoms with van der Waals surface area (Å²) in [5, 5.41) is 7.54. The van der Waals surface area contributed by atoms with Gasteiger partial charge in [-0.05, 0) is 77.2 Å². The topological polar surface area (TPSA) is 8.17 Å². The maximum absolute atomic E-state index is 2.44. The van der Waals surface area contributed by atoms with E-state index in [0.717, 1.165) is 17.1 Å². The Bertz CT molecular complexity index is 2820. The van der Waals surface area contributed by atoms with Crippen LogP contribution in [0.25, 0.3) is 69.6 Å². The second kappa shape index (κ2) is 11.2. The molecule has 0 aliphatic rings. The molecule has 0 bridgehead atoms. The molecule has 10 rings (SSSR count). The molecule has 8 aromatic carbocycles. The minimum Gasteiger partial charge on any atom is -0.310 e. The van der Waals surface area contributed by atoms with E-state index in [0.29, 0.717) is 0 Å². The second-order valence-corrected chi connectivity index (χ2v) is 13.7. The minimum absolute atomic E-state index is 1.11. The predicted octanol–water partition coefficient (Wildman–Crippen LogP) is 13.4. The van der Waals surface area contributed by atoms with Crippen LogP contribution in [0.5, 0.6) is 0 Å². The van der Waals surface area contributed by atoms with Gasteiger partial charge in [-0.3, -0.25) is 0 Å². The second-order valence-electron chi connectivity index (χ2n) is 12.6. The predicted molar refractivity (Wildman–Crippen MR) is 211 cm³/mol. The van der Waals surface area contributed by atoms with E-state index in [-0.39, 0.29) is 0 Å². The highest BCUT2D eigenvalue weighted by Crippen LogP contribution is 2.43. The van der Waals surface area contributed by atoms with Crippen molar-refractivity contribution in [3.05, 3.63) is 182 Å². The molecule has 0 aliphatic heterocycles. The quantitative estimate of drug-likeness (QED) is 0.181. The van der Waals surface area contributed by atoms with Crippen LogP contribution >= 0.6 is 11.3 Å². The summed E-state index contributed by atoms with van der Waals surface area (Å²) in [5.41, 5.74) is 9.36. The van der Waals surface area contributed by atoms with Gasteiger partial charge in [-0.15, -0.1) is 11.3 Å². The first-order valence-electron chi connectivity index (χ1n) is 16.7. The van der Waals surface area contributed by atoms with Crippen molar-refractivity contribution in [3.8, 4) is 16.8 Å². The first kappa shape index (κ1) is 27.9. The van der Waals surface area contributed by atoms with E-state index >= 15 is 0 Å². The highest BCUT2D eigenvalue weighted by molar-refractivity contribution is 7.25. The SMILES string of the molecule is c1ccc(-c2ccc(N(c3ccc4c5ccccc5n(-c5ccc6sc7ccccc7c6c5)c4c3)c3cccc4ccccc34)cc2)cc1. The van der Waals surface area contributed by atoms with E-state index in [2.05, 4.69) is 191 Å². The van der Waals surface area contributed by atoms with Crippen molar-refractivity contribution in [2.45, 2.75) is 0 Å². The Balaban J connectivity index is 1.21. The molecule has 0 atom stereocenters. The van der Waals surface area contributed by atoms with E-state index in [9.17, 15) is 0 Å². The lowest BCUT2D eigenvalue weighted by Crippen LogP contribution is -2.10. The van der Waals surface area contributed by atoms with Gasteiger partial charge in [0.05, 0.1) is 16.7 Å². The van der Waals surface area contributed by atoms with Gasteiger partial charge in [0.2, 0.25) is 0 Å². The Morgan fingerprint density at radius 2 is 1.04 bits per heavy atom. The van der Waals surface area contributed by atoms with Crippen molar-refractivity contribution in [1.29, 1.82) is 0 Å². The Hall–Kier alpha value is -6.16. The third-order valence-electron chi connectivity index (χ3n) is 9.77. The summed E-state index contributed by atoms with van der Waals surface area (Å²) in [7, 11) is 0. The summed E-state index contributed by atoms with van der Waals surface area (Å²) in [6.07, 6.45) is 0. The third-order valence-corrected chi connectivity index (χ3v) is 10.9. The molecule has 0 N–H and O–H groups in total. The van der Waals surface area contributed by atoms with Gasteiger partial charge in [-0.1, -0.05) is 121 Å². The van der Waals surface area contributed by atoms with E-state index in [1.165, 1.54) is 69.6 Å². The van der Waals surface area contributed by atoms with Crippen LogP contribution in [0.1, 0.15) is 0 Å². The van der Waals surface area contributed by atoms with Crippen LogP contribution < -0.4 is 4.90 Å². The molecule has 0 fully saturated rings. The van der Waals surface area contributed by atoms with Crippen molar-refractivity contribution < 1.29 is 0 Å². The van der Waals surface area contributed by atoms with Gasteiger partial charge in [0.1, 0.15) is 0 Å². The van der Waals surface area contributed by atoms with E-state index in [4.69, 9.17) is 0 Å². The van der Waals surface area contributed by atoms with Gasteiger partial charge in [0.25, 0.3) is 0 Å². The van der Waals surface area contributed by atoms with Crippen LogP contribution in [-0.2, 0) is 0 Å². The van der Waals surface area contributed by atoms with E-state index in [1.807, 2.05) is 11.3 Å². The Morgan fingerprint density at radius 3 is 1.92 bits per heavy atom. The highest BCUT2D eigenvalue weighted by atomic mass is 32.1. The molecule has 49 heavy (non-hydrogen) atoms. The maximum atomic E-state index is 2.44. The Morgan fingerprint density at radius 1 is 0.388 bits per heavy atom. The zero-order valence-electron chi connectivity index (χ0n) is 26.6. The first-order valence-corrected chi connectivity index (χ1v) is 17.5. The lowest BCUT2D eigenvalue weighted by atomic mass is 10.0. The summed E-state index contributed by atoms with van der Waals surface area (Å²) in [5.74, 6) is 0. The standard InChI is InChI=1S/C46H30N2S/c1-2-11-31(12-3-1)32-21-23-34(24-22-32)47(42-19-10-14-33-13-4-5-15-37(33)42)36-25-27-39-38-16-6-8-18-43(38)48(44(39)30-36)35-26-28-46-41(29-35)40-17-7-9-20-45(40)49-46/h1-30H. The monoisotopic (exact) mass is 642 g/mol. The molecule has 0 spiro atoms. The number of para-hydroxylation sites is 1. The van der Waals surface area contributed by atoms with Crippen molar-refractivity contribution in [2.75, 3.05) is 4.90 Å². The summed E-state index contributed by atoms with van der Waals surface area (Å²) in [4.78, 5) is 2.41. The summed E-state index contributed by atoms with van der Waals surface area (Å²) >= 11 is 1.86. The largest absolute Gasteiger partial charge is 0.310 e. The molecule has 2 aromatic heterocycles. The number of anilines is 3. The molecule has 0 saturated heterocycles. The number of thiophene rings is 1. The van der Waals surface area contributed by atoms with Crippen LogP contribution in [0.2, 0.25) is 0 Å². The molecule has 0 amide bonds. The number of benzene rings is 8. The molecule has 0 unspecified atom stereocenters. The maximum Gasteiger partial charge on any atom is 0.0561 e. The number of nitrogens with zero attached hydrogens (tertiary/aromatic N) is 2. The number of fused-ring (bicyclic) bond motifs is 7. The molecule has 2 nitrogen and oxygen atoms in total. The molecule has 10 aromatic rings. The number of aromatic nitrogens is 1. The minimum atomic E-state index is 1.11. The highest BCUT2D eigenvalue weighted by Gasteiger charge is 2.19. The lowest BCUT2D eigenvalue weighted by Gasteiger charge is -2.27. The third kappa shape index (κ3) is 4.55. The van der Waals surface area contributed by atoms with Crippen molar-refractivity contribution in [1.82, 2.24) is 4.57 Å². The van der Waals surface area contributed by atoms with Crippen molar-refractivity contribution >= 4 is 81.1 Å². The summed E-state index contributed by atoms with van der Waals surface area (Å²) in [6, 6.07) is 66.2. The molecule has 3 heteroatoms. The fourth-order valence-corrected chi connectivity index (χ4v) is 8.58. The fourth-order valence-electron chi connectivity index (χ4n) is 7.49. The molecule has 230 valence electrons. The summed E-state index contributed by atoms with van der Waals surface area (Å²) < 4.78 is 5.08. The Kier molecular flexibility index (Phi) is 6.39. The molecule has 2 heterocycles. The normalized spacial score (nSPS) is 11.7. The van der Waals surface area contributed by atoms with Gasteiger partial charge in [0, 0.05) is 53.4 Å². The van der Waals surface area contributed by atoms with Crippen LogP contribution in [0, 0.1) is 0 Å². The molecule has 0 aliphatic carbocycles. The average molecular weight is 643 g/mol. The zero-order valence-corrected chi connectivity index (χ0v) is 27.4. The Labute approximate surface area is 288 Å². The average Bonchev–Trinajstić information content (AvgIpc) is 3.71. The van der Waals surface area contributed by atoms with Gasteiger partial charge >= 0.3 is 0 Å². The smallest absolute Gasteiger partial charge is 0.0561 e. The van der Waals surface area contributed by atoms with Crippen LogP contribution in [0.3, 0.4) is 0 Å². The molecule has 0 saturated carbocycles. The lowest BCUT2D eigenvalue weighted by molar-refractivity contribution is 1.18.